The van der Waals surface area contributed by atoms with E-state index in [1.54, 1.807) is 6.92 Å². The molecule has 2 aromatic carbocycles. The van der Waals surface area contributed by atoms with Gasteiger partial charge < -0.3 is 4.74 Å². The van der Waals surface area contributed by atoms with Crippen LogP contribution in [0.15, 0.2) is 53.4 Å². The van der Waals surface area contributed by atoms with Gasteiger partial charge in [0.1, 0.15) is 5.82 Å². The van der Waals surface area contributed by atoms with E-state index in [2.05, 4.69) is 21.8 Å². The zero-order chi connectivity index (χ0) is 20.0. The Balaban J connectivity index is 1.42. The number of halogens is 1. The first-order chi connectivity index (χ1) is 13.5. The SMILES string of the molecule is Cc1cc(F)ccc1S(=O)(=O)NCCCCN1CCO[C@@H](c2ccccc2)C1. The summed E-state index contributed by atoms with van der Waals surface area (Å²) in [5.74, 6) is -0.434. The fourth-order valence-electron chi connectivity index (χ4n) is 3.43. The van der Waals surface area contributed by atoms with Gasteiger partial charge in [-0.15, -0.1) is 0 Å². The Labute approximate surface area is 166 Å². The lowest BCUT2D eigenvalue weighted by Crippen LogP contribution is -2.39. The van der Waals surface area contributed by atoms with Crippen molar-refractivity contribution in [3.8, 4) is 0 Å². The van der Waals surface area contributed by atoms with Crippen LogP contribution in [0.3, 0.4) is 0 Å². The van der Waals surface area contributed by atoms with Crippen LogP contribution in [0.1, 0.15) is 30.1 Å². The Morgan fingerprint density at radius 2 is 1.96 bits per heavy atom. The highest BCUT2D eigenvalue weighted by Crippen LogP contribution is 2.22. The van der Waals surface area contributed by atoms with Crippen LogP contribution >= 0.6 is 0 Å². The Kier molecular flexibility index (Phi) is 7.18. The van der Waals surface area contributed by atoms with Gasteiger partial charge in [-0.25, -0.2) is 17.5 Å². The Hall–Kier alpha value is -1.80. The highest BCUT2D eigenvalue weighted by molar-refractivity contribution is 7.89. The summed E-state index contributed by atoms with van der Waals surface area (Å²) in [5, 5.41) is 0. The third kappa shape index (κ3) is 5.61. The van der Waals surface area contributed by atoms with Gasteiger partial charge in [0.25, 0.3) is 0 Å². The molecular weight excluding hydrogens is 379 g/mol. The predicted molar refractivity (Wildman–Crippen MR) is 107 cm³/mol. The third-order valence-corrected chi connectivity index (χ3v) is 6.56. The lowest BCUT2D eigenvalue weighted by molar-refractivity contribution is -0.0303. The molecule has 0 bridgehead atoms. The van der Waals surface area contributed by atoms with Gasteiger partial charge in [0.05, 0.1) is 17.6 Å². The topological polar surface area (TPSA) is 58.6 Å². The van der Waals surface area contributed by atoms with Crippen LogP contribution in [0, 0.1) is 12.7 Å². The van der Waals surface area contributed by atoms with Crippen molar-refractivity contribution in [2.75, 3.05) is 32.8 Å². The van der Waals surface area contributed by atoms with E-state index in [1.807, 2.05) is 18.2 Å². The third-order valence-electron chi connectivity index (χ3n) is 4.94. The molecule has 1 saturated heterocycles. The number of nitrogens with one attached hydrogen (secondary N) is 1. The van der Waals surface area contributed by atoms with Crippen molar-refractivity contribution < 1.29 is 17.5 Å². The minimum absolute atomic E-state index is 0.0925. The Morgan fingerprint density at radius 3 is 2.71 bits per heavy atom. The summed E-state index contributed by atoms with van der Waals surface area (Å²) in [5.41, 5.74) is 1.60. The van der Waals surface area contributed by atoms with E-state index in [1.165, 1.54) is 23.8 Å². The molecule has 1 heterocycles. The van der Waals surface area contributed by atoms with Gasteiger partial charge in [-0.3, -0.25) is 4.90 Å². The van der Waals surface area contributed by atoms with Crippen LogP contribution in [-0.4, -0.2) is 46.1 Å². The van der Waals surface area contributed by atoms with Crippen molar-refractivity contribution in [2.24, 2.45) is 0 Å². The summed E-state index contributed by atoms with van der Waals surface area (Å²) in [7, 11) is -3.61. The second-order valence-electron chi connectivity index (χ2n) is 7.09. The van der Waals surface area contributed by atoms with E-state index in [0.29, 0.717) is 18.7 Å². The zero-order valence-corrected chi connectivity index (χ0v) is 16.9. The summed E-state index contributed by atoms with van der Waals surface area (Å²) >= 11 is 0. The predicted octanol–water partition coefficient (Wildman–Crippen LogP) is 3.27. The Bertz CT molecular complexity index is 874. The van der Waals surface area contributed by atoms with Gasteiger partial charge in [-0.2, -0.15) is 0 Å². The number of unbranched alkanes of at least 4 members (excludes halogenated alkanes) is 1. The van der Waals surface area contributed by atoms with Gasteiger partial charge in [0.15, 0.2) is 0 Å². The number of nitrogens with zero attached hydrogens (tertiary/aromatic N) is 1. The van der Waals surface area contributed by atoms with Crippen molar-refractivity contribution in [3.05, 3.63) is 65.5 Å². The summed E-state index contributed by atoms with van der Waals surface area (Å²) in [4.78, 5) is 2.49. The van der Waals surface area contributed by atoms with Crippen LogP contribution in [0.2, 0.25) is 0 Å². The van der Waals surface area contributed by atoms with Crippen LogP contribution in [-0.2, 0) is 14.8 Å². The molecule has 1 fully saturated rings. The maximum absolute atomic E-state index is 13.2. The number of benzene rings is 2. The average molecular weight is 407 g/mol. The lowest BCUT2D eigenvalue weighted by Gasteiger charge is -2.33. The zero-order valence-electron chi connectivity index (χ0n) is 16.1. The minimum atomic E-state index is -3.61. The molecule has 0 aromatic heterocycles. The molecular formula is C21H27FN2O3S. The molecule has 1 atom stereocenters. The summed E-state index contributed by atoms with van der Waals surface area (Å²) in [6.07, 6.45) is 1.73. The van der Waals surface area contributed by atoms with Crippen molar-refractivity contribution in [2.45, 2.75) is 30.8 Å². The minimum Gasteiger partial charge on any atom is -0.371 e. The van der Waals surface area contributed by atoms with Gasteiger partial charge >= 0.3 is 0 Å². The van der Waals surface area contributed by atoms with Crippen LogP contribution in [0.5, 0.6) is 0 Å². The fourth-order valence-corrected chi connectivity index (χ4v) is 4.73. The molecule has 0 unspecified atom stereocenters. The van der Waals surface area contributed by atoms with E-state index in [4.69, 9.17) is 4.74 Å². The van der Waals surface area contributed by atoms with E-state index in [0.717, 1.165) is 32.5 Å². The van der Waals surface area contributed by atoms with Crippen LogP contribution < -0.4 is 4.72 Å². The average Bonchev–Trinajstić information content (AvgIpc) is 2.68. The number of sulfonamides is 1. The van der Waals surface area contributed by atoms with Gasteiger partial charge in [0.2, 0.25) is 10.0 Å². The van der Waals surface area contributed by atoms with Crippen molar-refractivity contribution in [1.82, 2.24) is 9.62 Å². The first-order valence-electron chi connectivity index (χ1n) is 9.60. The molecule has 1 aliphatic rings. The maximum Gasteiger partial charge on any atom is 0.240 e. The lowest BCUT2D eigenvalue weighted by atomic mass is 10.1. The molecule has 3 rings (SSSR count). The number of aryl methyl sites for hydroxylation is 1. The molecule has 7 heteroatoms. The molecule has 0 spiro atoms. The molecule has 0 amide bonds. The molecule has 152 valence electrons. The number of hydrogen-bond acceptors (Lipinski definition) is 4. The van der Waals surface area contributed by atoms with Crippen molar-refractivity contribution in [3.63, 3.8) is 0 Å². The molecule has 0 saturated carbocycles. The molecule has 1 aliphatic heterocycles. The van der Waals surface area contributed by atoms with Crippen molar-refractivity contribution >= 4 is 10.0 Å². The molecule has 0 aliphatic carbocycles. The van der Waals surface area contributed by atoms with E-state index >= 15 is 0 Å². The van der Waals surface area contributed by atoms with Gasteiger partial charge in [-0.05, 0) is 55.6 Å². The van der Waals surface area contributed by atoms with E-state index in [9.17, 15) is 12.8 Å². The molecule has 0 radical (unpaired) electrons. The summed E-state index contributed by atoms with van der Waals surface area (Å²) < 4.78 is 46.4. The largest absolute Gasteiger partial charge is 0.371 e. The van der Waals surface area contributed by atoms with Crippen LogP contribution in [0.4, 0.5) is 4.39 Å². The van der Waals surface area contributed by atoms with Crippen LogP contribution in [0.25, 0.3) is 0 Å². The standard InChI is InChI=1S/C21H27FN2O3S/c1-17-15-19(22)9-10-21(17)28(25,26)23-11-5-6-12-24-13-14-27-20(16-24)18-7-3-2-4-8-18/h2-4,7-10,15,20,23H,5-6,11-14,16H2,1H3/t20-/m1/s1. The number of hydrogen-bond donors (Lipinski definition) is 1. The first kappa shape index (κ1) is 20.9. The molecule has 1 N–H and O–H groups in total. The van der Waals surface area contributed by atoms with E-state index in [-0.39, 0.29) is 11.0 Å². The van der Waals surface area contributed by atoms with Crippen molar-refractivity contribution in [1.29, 1.82) is 0 Å². The summed E-state index contributed by atoms with van der Waals surface area (Å²) in [6.45, 7) is 5.32. The number of ether oxygens (including phenoxy) is 1. The number of morpholine rings is 1. The maximum atomic E-state index is 13.2. The molecule has 28 heavy (non-hydrogen) atoms. The highest BCUT2D eigenvalue weighted by Gasteiger charge is 2.21. The van der Waals surface area contributed by atoms with Gasteiger partial charge in [0, 0.05) is 19.6 Å². The van der Waals surface area contributed by atoms with Gasteiger partial charge in [-0.1, -0.05) is 30.3 Å². The molecule has 5 nitrogen and oxygen atoms in total. The normalized spacial score (nSPS) is 18.3. The second kappa shape index (κ2) is 9.60. The summed E-state index contributed by atoms with van der Waals surface area (Å²) in [6, 6.07) is 13.9. The second-order valence-corrected chi connectivity index (χ2v) is 8.82. The fraction of sp³-hybridized carbons (Fsp3) is 0.429. The quantitative estimate of drug-likeness (QED) is 0.684. The molecule has 2 aromatic rings. The highest BCUT2D eigenvalue weighted by atomic mass is 32.2. The Morgan fingerprint density at radius 1 is 1.18 bits per heavy atom. The monoisotopic (exact) mass is 406 g/mol. The number of rotatable bonds is 8. The smallest absolute Gasteiger partial charge is 0.240 e. The first-order valence-corrected chi connectivity index (χ1v) is 11.1. The van der Waals surface area contributed by atoms with E-state index < -0.39 is 15.8 Å².